The molecule has 0 fully saturated rings. The van der Waals surface area contributed by atoms with Crippen molar-refractivity contribution in [1.29, 1.82) is 0 Å². The maximum absolute atomic E-state index is 10.3. The summed E-state index contributed by atoms with van der Waals surface area (Å²) >= 11 is 0. The average molecular weight is 230 g/mol. The Bertz CT molecular complexity index is 555. The van der Waals surface area contributed by atoms with Crippen LogP contribution in [-0.2, 0) is 4.79 Å². The molecule has 0 aliphatic heterocycles. The molecule has 0 aliphatic carbocycles. The van der Waals surface area contributed by atoms with Gasteiger partial charge in [-0.2, -0.15) is 0 Å². The van der Waals surface area contributed by atoms with Gasteiger partial charge in [0.15, 0.2) is 0 Å². The number of hydrogen-bond acceptors (Lipinski definition) is 4. The number of carboxylic acid groups (broad SMARTS) is 1. The average Bonchev–Trinajstić information content (AvgIpc) is 2.76. The molecule has 0 unspecified atom stereocenters. The molecule has 0 saturated heterocycles. The quantitative estimate of drug-likeness (QED) is 0.817. The van der Waals surface area contributed by atoms with Gasteiger partial charge in [-0.05, 0) is 19.1 Å². The molecule has 0 spiro atoms. The van der Waals surface area contributed by atoms with Gasteiger partial charge in [-0.3, -0.25) is 0 Å². The number of carbonyl (C=O) groups is 1. The van der Waals surface area contributed by atoms with Crippen molar-refractivity contribution < 1.29 is 14.3 Å². The Morgan fingerprint density at radius 3 is 2.65 bits per heavy atom. The predicted molar refractivity (Wildman–Crippen MR) is 61.1 cm³/mol. The van der Waals surface area contributed by atoms with Gasteiger partial charge in [0.2, 0.25) is 11.8 Å². The SMILES string of the molecule is Cc1ccc(-c2nnc(/C=C/C(=O)O)o2)cc1. The van der Waals surface area contributed by atoms with Gasteiger partial charge >= 0.3 is 5.97 Å². The van der Waals surface area contributed by atoms with Gasteiger partial charge in [-0.1, -0.05) is 17.7 Å². The fourth-order valence-electron chi connectivity index (χ4n) is 1.26. The van der Waals surface area contributed by atoms with Crippen molar-refractivity contribution in [2.24, 2.45) is 0 Å². The van der Waals surface area contributed by atoms with E-state index >= 15 is 0 Å². The molecule has 0 aliphatic rings. The van der Waals surface area contributed by atoms with Crippen molar-refractivity contribution in [2.45, 2.75) is 6.92 Å². The second-order valence-electron chi connectivity index (χ2n) is 3.48. The number of aryl methyl sites for hydroxylation is 1. The molecule has 2 rings (SSSR count). The molecule has 1 aromatic heterocycles. The fourth-order valence-corrected chi connectivity index (χ4v) is 1.26. The van der Waals surface area contributed by atoms with E-state index in [1.165, 1.54) is 6.08 Å². The van der Waals surface area contributed by atoms with Crippen LogP contribution < -0.4 is 0 Å². The molecule has 0 saturated carbocycles. The Morgan fingerprint density at radius 1 is 1.29 bits per heavy atom. The van der Waals surface area contributed by atoms with Crippen molar-refractivity contribution in [3.8, 4) is 11.5 Å². The van der Waals surface area contributed by atoms with Gasteiger partial charge in [0, 0.05) is 17.7 Å². The van der Waals surface area contributed by atoms with E-state index < -0.39 is 5.97 Å². The molecular weight excluding hydrogens is 220 g/mol. The summed E-state index contributed by atoms with van der Waals surface area (Å²) < 4.78 is 5.29. The maximum atomic E-state index is 10.3. The topological polar surface area (TPSA) is 76.2 Å². The van der Waals surface area contributed by atoms with Crippen LogP contribution in [0.5, 0.6) is 0 Å². The molecule has 1 N–H and O–H groups in total. The van der Waals surface area contributed by atoms with Gasteiger partial charge in [-0.25, -0.2) is 4.79 Å². The number of hydrogen-bond donors (Lipinski definition) is 1. The molecule has 1 aromatic carbocycles. The first kappa shape index (κ1) is 11.1. The lowest BCUT2D eigenvalue weighted by atomic mass is 10.1. The molecular formula is C12H10N2O3. The first-order valence-corrected chi connectivity index (χ1v) is 4.97. The highest BCUT2D eigenvalue weighted by atomic mass is 16.4. The van der Waals surface area contributed by atoms with Gasteiger partial charge in [-0.15, -0.1) is 10.2 Å². The van der Waals surface area contributed by atoms with Gasteiger partial charge in [0.25, 0.3) is 0 Å². The van der Waals surface area contributed by atoms with Crippen LogP contribution >= 0.6 is 0 Å². The monoisotopic (exact) mass is 230 g/mol. The summed E-state index contributed by atoms with van der Waals surface area (Å²) in [6.07, 6.45) is 2.21. The third-order valence-electron chi connectivity index (χ3n) is 2.11. The molecule has 17 heavy (non-hydrogen) atoms. The number of aromatic nitrogens is 2. The number of carboxylic acids is 1. The summed E-state index contributed by atoms with van der Waals surface area (Å²) in [6, 6.07) is 7.61. The summed E-state index contributed by atoms with van der Waals surface area (Å²) in [5.74, 6) is -0.516. The van der Waals surface area contributed by atoms with Crippen molar-refractivity contribution in [3.63, 3.8) is 0 Å². The number of rotatable bonds is 3. The minimum atomic E-state index is -1.06. The van der Waals surface area contributed by atoms with E-state index in [9.17, 15) is 4.79 Å². The standard InChI is InChI=1S/C12H10N2O3/c1-8-2-4-9(5-3-8)12-14-13-10(17-12)6-7-11(15)16/h2-7H,1H3,(H,15,16)/b7-6+. The van der Waals surface area contributed by atoms with Gasteiger partial charge in [0.05, 0.1) is 0 Å². The summed E-state index contributed by atoms with van der Waals surface area (Å²) in [6.45, 7) is 1.98. The highest BCUT2D eigenvalue weighted by Gasteiger charge is 2.06. The second kappa shape index (κ2) is 4.61. The lowest BCUT2D eigenvalue weighted by molar-refractivity contribution is -0.131. The second-order valence-corrected chi connectivity index (χ2v) is 3.48. The van der Waals surface area contributed by atoms with Crippen LogP contribution in [0, 0.1) is 6.92 Å². The number of benzene rings is 1. The molecule has 0 radical (unpaired) electrons. The van der Waals surface area contributed by atoms with Crippen LogP contribution in [0.25, 0.3) is 17.5 Å². The summed E-state index contributed by atoms with van der Waals surface area (Å²) in [5.41, 5.74) is 1.94. The number of nitrogens with zero attached hydrogens (tertiary/aromatic N) is 2. The van der Waals surface area contributed by atoms with Crippen LogP contribution in [0.4, 0.5) is 0 Å². The minimum Gasteiger partial charge on any atom is -0.478 e. The van der Waals surface area contributed by atoms with E-state index in [4.69, 9.17) is 9.52 Å². The van der Waals surface area contributed by atoms with Crippen molar-refractivity contribution in [2.75, 3.05) is 0 Å². The first-order chi connectivity index (χ1) is 8.15. The summed E-state index contributed by atoms with van der Waals surface area (Å²) in [4.78, 5) is 10.3. The summed E-state index contributed by atoms with van der Waals surface area (Å²) in [5, 5.41) is 16.0. The molecule has 0 atom stereocenters. The largest absolute Gasteiger partial charge is 0.478 e. The van der Waals surface area contributed by atoms with Crippen molar-refractivity contribution in [3.05, 3.63) is 41.8 Å². The zero-order valence-electron chi connectivity index (χ0n) is 9.12. The van der Waals surface area contributed by atoms with Gasteiger partial charge < -0.3 is 9.52 Å². The third-order valence-corrected chi connectivity index (χ3v) is 2.11. The molecule has 5 heteroatoms. The first-order valence-electron chi connectivity index (χ1n) is 4.97. The number of aliphatic carboxylic acids is 1. The smallest absolute Gasteiger partial charge is 0.328 e. The highest BCUT2D eigenvalue weighted by molar-refractivity contribution is 5.84. The lowest BCUT2D eigenvalue weighted by Gasteiger charge is -1.94. The van der Waals surface area contributed by atoms with Crippen molar-refractivity contribution >= 4 is 12.0 Å². The normalized spacial score (nSPS) is 10.9. The van der Waals surface area contributed by atoms with Crippen LogP contribution in [-0.4, -0.2) is 21.3 Å². The van der Waals surface area contributed by atoms with E-state index in [1.54, 1.807) is 0 Å². The molecule has 86 valence electrons. The van der Waals surface area contributed by atoms with Gasteiger partial charge in [0.1, 0.15) is 0 Å². The Balaban J connectivity index is 2.23. The van der Waals surface area contributed by atoms with Crippen LogP contribution in [0.1, 0.15) is 11.5 Å². The van der Waals surface area contributed by atoms with E-state index in [1.807, 2.05) is 31.2 Å². The van der Waals surface area contributed by atoms with E-state index in [0.29, 0.717) is 5.89 Å². The molecule has 5 nitrogen and oxygen atoms in total. The fraction of sp³-hybridized carbons (Fsp3) is 0.0833. The predicted octanol–water partition coefficient (Wildman–Crippen LogP) is 2.14. The molecule has 0 bridgehead atoms. The summed E-state index contributed by atoms with van der Waals surface area (Å²) in [7, 11) is 0. The molecule has 2 aromatic rings. The maximum Gasteiger partial charge on any atom is 0.328 e. The van der Waals surface area contributed by atoms with Crippen LogP contribution in [0.15, 0.2) is 34.8 Å². The zero-order valence-corrected chi connectivity index (χ0v) is 9.12. The Hall–Kier alpha value is -2.43. The van der Waals surface area contributed by atoms with Crippen LogP contribution in [0.2, 0.25) is 0 Å². The van der Waals surface area contributed by atoms with E-state index in [0.717, 1.165) is 17.2 Å². The van der Waals surface area contributed by atoms with E-state index in [-0.39, 0.29) is 5.89 Å². The Morgan fingerprint density at radius 2 is 2.00 bits per heavy atom. The Kier molecular flexibility index (Phi) is 3.00. The Labute approximate surface area is 97.4 Å². The molecule has 0 amide bonds. The highest BCUT2D eigenvalue weighted by Crippen LogP contribution is 2.18. The zero-order chi connectivity index (χ0) is 12.3. The van der Waals surface area contributed by atoms with E-state index in [2.05, 4.69) is 10.2 Å². The third kappa shape index (κ3) is 2.78. The van der Waals surface area contributed by atoms with Crippen LogP contribution in [0.3, 0.4) is 0 Å². The minimum absolute atomic E-state index is 0.169. The van der Waals surface area contributed by atoms with Crippen molar-refractivity contribution in [1.82, 2.24) is 10.2 Å². The molecule has 1 heterocycles. The lowest BCUT2D eigenvalue weighted by Crippen LogP contribution is -1.85.